The Kier molecular flexibility index (Phi) is 9.35. The van der Waals surface area contributed by atoms with Crippen LogP contribution in [-0.2, 0) is 23.9 Å². The number of aliphatic hydroxyl groups is 1. The van der Waals surface area contributed by atoms with E-state index >= 15 is 0 Å². The molecule has 3 atom stereocenters. The van der Waals surface area contributed by atoms with Crippen molar-refractivity contribution in [2.75, 3.05) is 12.4 Å². The number of fused-ring (bicyclic) bond motifs is 1. The summed E-state index contributed by atoms with van der Waals surface area (Å²) in [4.78, 5) is 48.3. The number of aromatic hydroxyl groups is 1. The number of phenols is 1. The summed E-state index contributed by atoms with van der Waals surface area (Å²) in [5.74, 6) is -3.55. The number of carboxylic acids is 1. The fraction of sp³-hybridized carbons (Fsp3) is 0.500. The zero-order valence-corrected chi connectivity index (χ0v) is 20.8. The number of rotatable bonds is 6. The molecule has 0 bridgehead atoms. The van der Waals surface area contributed by atoms with Crippen LogP contribution in [-0.4, -0.2) is 68.7 Å². The van der Waals surface area contributed by atoms with Crippen LogP contribution < -0.4 is 16.2 Å². The van der Waals surface area contributed by atoms with Crippen molar-refractivity contribution in [1.82, 2.24) is 10.2 Å². The molecule has 1 saturated carbocycles. The third-order valence-electron chi connectivity index (χ3n) is 6.17. The first-order chi connectivity index (χ1) is 17.1. The molecule has 1 unspecified atom stereocenters. The number of amides is 2. The number of benzene rings is 1. The number of thioether (sulfide) groups is 1. The zero-order chi connectivity index (χ0) is 26.4. The lowest BCUT2D eigenvalue weighted by atomic mass is 9.97. The molecule has 2 heterocycles. The number of carbonyl (C=O) groups is 4. The maximum absolute atomic E-state index is 12.5. The van der Waals surface area contributed by atoms with E-state index in [4.69, 9.17) is 4.74 Å². The average molecular weight is 522 g/mol. The maximum atomic E-state index is 12.5. The predicted octanol–water partition coefficient (Wildman–Crippen LogP) is -1.05. The highest BCUT2D eigenvalue weighted by atomic mass is 32.2. The van der Waals surface area contributed by atoms with Gasteiger partial charge in [-0.3, -0.25) is 19.3 Å². The number of hydrogen-bond donors (Lipinski definition) is 4. The fourth-order valence-corrected chi connectivity index (χ4v) is 5.53. The van der Waals surface area contributed by atoms with Crippen molar-refractivity contribution in [3.05, 3.63) is 41.1 Å². The lowest BCUT2D eigenvalue weighted by molar-refractivity contribution is -0.425. The number of nitrogens with one attached hydrogen (secondary N) is 1. The van der Waals surface area contributed by atoms with E-state index < -0.39 is 41.3 Å². The Balaban J connectivity index is 0.000000444. The van der Waals surface area contributed by atoms with Crippen LogP contribution >= 0.6 is 11.8 Å². The number of esters is 1. The van der Waals surface area contributed by atoms with Crippen molar-refractivity contribution in [1.29, 1.82) is 0 Å². The Morgan fingerprint density at radius 1 is 1.22 bits per heavy atom. The van der Waals surface area contributed by atoms with Crippen molar-refractivity contribution in [2.45, 2.75) is 62.6 Å². The number of ether oxygens (including phenoxy) is 1. The summed E-state index contributed by atoms with van der Waals surface area (Å²) < 4.78 is 4.83. The number of β-lactam (4-membered cyclic amide) rings is 1. The molecule has 0 radical (unpaired) electrons. The summed E-state index contributed by atoms with van der Waals surface area (Å²) in [5.41, 5.74) is 4.07. The van der Waals surface area contributed by atoms with Gasteiger partial charge in [0.05, 0.1) is 17.7 Å². The van der Waals surface area contributed by atoms with Crippen LogP contribution in [0.3, 0.4) is 0 Å². The Labute approximate surface area is 212 Å². The molecule has 11 nitrogen and oxygen atoms in total. The van der Waals surface area contributed by atoms with Crippen LogP contribution in [0.2, 0.25) is 0 Å². The highest BCUT2D eigenvalue weighted by molar-refractivity contribution is 8.00. The number of aliphatic carboxylic acids is 1. The predicted molar refractivity (Wildman–Crippen MR) is 127 cm³/mol. The molecule has 6 N–H and O–H groups in total. The van der Waals surface area contributed by atoms with Gasteiger partial charge in [-0.1, -0.05) is 18.6 Å². The SMILES string of the molecule is CC(=O)OCC1=C(C(=O)[O-])N2C(=O)[C@H](NC(=O)C(O)c3ccc(O)cc3)[C@H]2SC1.[NH3+]C1CCCCC1. The molecular formula is C24H31N3O8S. The maximum Gasteiger partial charge on any atom is 0.302 e. The molecule has 36 heavy (non-hydrogen) atoms. The van der Waals surface area contributed by atoms with Crippen molar-refractivity contribution in [3.8, 4) is 5.75 Å². The summed E-state index contributed by atoms with van der Waals surface area (Å²) in [6.07, 6.45) is 5.48. The van der Waals surface area contributed by atoms with E-state index in [0.717, 1.165) is 10.9 Å². The molecule has 2 aliphatic heterocycles. The van der Waals surface area contributed by atoms with E-state index in [1.165, 1.54) is 75.1 Å². The van der Waals surface area contributed by atoms with Crippen molar-refractivity contribution >= 4 is 35.5 Å². The molecule has 1 saturated heterocycles. The van der Waals surface area contributed by atoms with Gasteiger partial charge in [-0.2, -0.15) is 0 Å². The standard InChI is InChI=1S/C18H18N2O8S.C6H13N/c1-8(21)28-6-10-7-29-17-12(16(25)20(17)13(10)18(26)27)19-15(24)14(23)9-2-4-11(22)5-3-9;7-6-4-2-1-3-5-6/h2-5,12,14,17,22-23H,6-7H2,1H3,(H,19,24)(H,26,27);6H,1-5,7H2/t12-,14?,17+;/m0./s1. The highest BCUT2D eigenvalue weighted by Gasteiger charge is 2.53. The molecule has 196 valence electrons. The average Bonchev–Trinajstić information content (AvgIpc) is 2.85. The van der Waals surface area contributed by atoms with Crippen LogP contribution in [0.25, 0.3) is 0 Å². The zero-order valence-electron chi connectivity index (χ0n) is 20.0. The fourth-order valence-electron chi connectivity index (χ4n) is 4.20. The molecule has 1 aliphatic carbocycles. The quantitative estimate of drug-likeness (QED) is 0.268. The second kappa shape index (κ2) is 12.2. The molecule has 0 aromatic heterocycles. The van der Waals surface area contributed by atoms with E-state index in [9.17, 15) is 34.5 Å². The van der Waals surface area contributed by atoms with Gasteiger partial charge < -0.3 is 35.9 Å². The summed E-state index contributed by atoms with van der Waals surface area (Å²) in [6, 6.07) is 5.10. The molecule has 0 spiro atoms. The molecule has 12 heteroatoms. The van der Waals surface area contributed by atoms with Crippen LogP contribution in [0.1, 0.15) is 50.7 Å². The monoisotopic (exact) mass is 521 g/mol. The first-order valence-corrected chi connectivity index (χ1v) is 12.8. The molecule has 2 fully saturated rings. The summed E-state index contributed by atoms with van der Waals surface area (Å²) >= 11 is 1.19. The lowest BCUT2D eigenvalue weighted by Gasteiger charge is -2.50. The van der Waals surface area contributed by atoms with Crippen molar-refractivity contribution < 1.29 is 45.0 Å². The van der Waals surface area contributed by atoms with Gasteiger partial charge in [0.1, 0.15) is 23.8 Å². The normalized spacial score (nSPS) is 22.4. The number of nitrogens with zero attached hydrogens (tertiary/aromatic N) is 1. The topological polar surface area (TPSA) is 184 Å². The molecule has 2 amide bonds. The second-order valence-corrected chi connectivity index (χ2v) is 10.0. The van der Waals surface area contributed by atoms with E-state index in [2.05, 4.69) is 11.1 Å². The van der Waals surface area contributed by atoms with Crippen molar-refractivity contribution in [3.63, 3.8) is 0 Å². The molecular weight excluding hydrogens is 490 g/mol. The van der Waals surface area contributed by atoms with Crippen LogP contribution in [0, 0.1) is 0 Å². The van der Waals surface area contributed by atoms with Gasteiger partial charge in [0.15, 0.2) is 6.10 Å². The third kappa shape index (κ3) is 6.56. The van der Waals surface area contributed by atoms with E-state index in [1.807, 2.05) is 0 Å². The number of phenolic OH excluding ortho intramolecular Hbond substituents is 1. The Morgan fingerprint density at radius 3 is 2.39 bits per heavy atom. The first kappa shape index (κ1) is 27.5. The minimum atomic E-state index is -1.58. The number of aliphatic hydroxyl groups excluding tert-OH is 1. The summed E-state index contributed by atoms with van der Waals surface area (Å²) in [6.45, 7) is 0.899. The lowest BCUT2D eigenvalue weighted by Crippen LogP contribution is -2.71. The Bertz CT molecular complexity index is 1020. The molecule has 1 aromatic carbocycles. The highest BCUT2D eigenvalue weighted by Crippen LogP contribution is 2.40. The van der Waals surface area contributed by atoms with Crippen LogP contribution in [0.4, 0.5) is 0 Å². The minimum Gasteiger partial charge on any atom is -0.543 e. The van der Waals surface area contributed by atoms with Gasteiger partial charge in [0, 0.05) is 18.2 Å². The first-order valence-electron chi connectivity index (χ1n) is 11.7. The summed E-state index contributed by atoms with van der Waals surface area (Å²) in [5, 5.41) is 32.7. The largest absolute Gasteiger partial charge is 0.543 e. The van der Waals surface area contributed by atoms with Gasteiger partial charge in [-0.15, -0.1) is 11.8 Å². The third-order valence-corrected chi connectivity index (χ3v) is 7.51. The molecule has 3 aliphatic rings. The Hall–Kier alpha value is -3.09. The van der Waals surface area contributed by atoms with Gasteiger partial charge in [0.2, 0.25) is 0 Å². The second-order valence-electron chi connectivity index (χ2n) is 8.91. The Morgan fingerprint density at radius 2 is 1.86 bits per heavy atom. The van der Waals surface area contributed by atoms with Gasteiger partial charge >= 0.3 is 5.97 Å². The minimum absolute atomic E-state index is 0.0315. The number of hydrogen-bond acceptors (Lipinski definition) is 9. The van der Waals surface area contributed by atoms with Crippen LogP contribution in [0.15, 0.2) is 35.5 Å². The van der Waals surface area contributed by atoms with Gasteiger partial charge in [-0.05, 0) is 43.4 Å². The van der Waals surface area contributed by atoms with Gasteiger partial charge in [0.25, 0.3) is 11.8 Å². The molecule has 4 rings (SSSR count). The molecule has 1 aromatic rings. The van der Waals surface area contributed by atoms with E-state index in [1.54, 1.807) is 0 Å². The number of carbonyl (C=O) groups excluding carboxylic acids is 4. The number of quaternary nitrogens is 1. The van der Waals surface area contributed by atoms with Crippen LogP contribution in [0.5, 0.6) is 5.75 Å². The van der Waals surface area contributed by atoms with E-state index in [0.29, 0.717) is 0 Å². The van der Waals surface area contributed by atoms with E-state index in [-0.39, 0.29) is 34.9 Å². The smallest absolute Gasteiger partial charge is 0.302 e. The van der Waals surface area contributed by atoms with Gasteiger partial charge in [-0.25, -0.2) is 0 Å². The van der Waals surface area contributed by atoms with Crippen molar-refractivity contribution in [2.24, 2.45) is 0 Å². The summed E-state index contributed by atoms with van der Waals surface area (Å²) in [7, 11) is 0. The number of carboxylic acid groups (broad SMARTS) is 1.